The zero-order valence-corrected chi connectivity index (χ0v) is 20.1. The Labute approximate surface area is 201 Å². The van der Waals surface area contributed by atoms with Gasteiger partial charge in [0.1, 0.15) is 6.04 Å². The molecule has 1 unspecified atom stereocenters. The van der Waals surface area contributed by atoms with Gasteiger partial charge in [-0.05, 0) is 48.2 Å². The minimum atomic E-state index is -3.22. The normalized spacial score (nSPS) is 15.3. The van der Waals surface area contributed by atoms with Crippen molar-refractivity contribution in [3.63, 3.8) is 0 Å². The number of nitrogens with one attached hydrogen (secondary N) is 3. The molecular formula is C23H22ClN3O4S2. The highest BCUT2D eigenvalue weighted by Gasteiger charge is 2.53. The summed E-state index contributed by atoms with van der Waals surface area (Å²) < 4.78 is 24.0. The van der Waals surface area contributed by atoms with Gasteiger partial charge in [-0.25, -0.2) is 13.2 Å². The van der Waals surface area contributed by atoms with Crippen molar-refractivity contribution in [2.24, 2.45) is 0 Å². The molecule has 33 heavy (non-hydrogen) atoms. The van der Waals surface area contributed by atoms with Gasteiger partial charge < -0.3 is 10.6 Å². The topological polar surface area (TPSA) is 104 Å². The van der Waals surface area contributed by atoms with Crippen molar-refractivity contribution in [1.82, 2.24) is 5.32 Å². The average Bonchev–Trinajstić information content (AvgIpc) is 3.51. The molecule has 4 rings (SSSR count). The Morgan fingerprint density at radius 3 is 2.18 bits per heavy atom. The second-order valence-corrected chi connectivity index (χ2v) is 11.9. The number of urea groups is 1. The molecule has 0 saturated heterocycles. The number of hydrogen-bond donors (Lipinski definition) is 3. The maximum Gasteiger partial charge on any atom is 0.320 e. The van der Waals surface area contributed by atoms with E-state index < -0.39 is 32.6 Å². The van der Waals surface area contributed by atoms with Crippen molar-refractivity contribution < 1.29 is 18.0 Å². The molecule has 0 spiro atoms. The summed E-state index contributed by atoms with van der Waals surface area (Å²) in [6, 6.07) is 17.5. The Kier molecular flexibility index (Phi) is 6.47. The van der Waals surface area contributed by atoms with E-state index in [4.69, 9.17) is 11.6 Å². The Balaban J connectivity index is 1.49. The number of hydrogen-bond acceptors (Lipinski definition) is 5. The molecule has 172 valence electrons. The van der Waals surface area contributed by atoms with Crippen LogP contribution in [0.4, 0.5) is 15.5 Å². The molecule has 1 aliphatic carbocycles. The van der Waals surface area contributed by atoms with Crippen LogP contribution in [0.1, 0.15) is 30.0 Å². The summed E-state index contributed by atoms with van der Waals surface area (Å²) in [7, 11) is -3.22. The van der Waals surface area contributed by atoms with Gasteiger partial charge in [0.25, 0.3) is 5.91 Å². The second-order valence-electron chi connectivity index (χ2n) is 7.88. The molecule has 3 N–H and O–H groups in total. The number of rotatable bonds is 7. The molecule has 3 amide bonds. The SMILES string of the molecule is CS(=O)(=O)C1(c2ccc(NC(=O)C(NC(=O)Nc3ccc(Cl)s3)c3ccccc3)cc2)CC1. The van der Waals surface area contributed by atoms with Crippen LogP contribution in [0.15, 0.2) is 66.7 Å². The molecular weight excluding hydrogens is 482 g/mol. The van der Waals surface area contributed by atoms with Crippen LogP contribution in [0.5, 0.6) is 0 Å². The van der Waals surface area contributed by atoms with Gasteiger partial charge in [0.2, 0.25) is 0 Å². The number of amides is 3. The predicted octanol–water partition coefficient (Wildman–Crippen LogP) is 4.94. The van der Waals surface area contributed by atoms with Gasteiger partial charge >= 0.3 is 6.03 Å². The van der Waals surface area contributed by atoms with Crippen LogP contribution in [0.25, 0.3) is 0 Å². The summed E-state index contributed by atoms with van der Waals surface area (Å²) >= 11 is 7.11. The number of carbonyl (C=O) groups excluding carboxylic acids is 2. The maximum atomic E-state index is 13.1. The van der Waals surface area contributed by atoms with Crippen LogP contribution < -0.4 is 16.0 Å². The first kappa shape index (κ1) is 23.3. The molecule has 1 fully saturated rings. The van der Waals surface area contributed by atoms with Crippen molar-refractivity contribution in [2.45, 2.75) is 23.6 Å². The highest BCUT2D eigenvalue weighted by Crippen LogP contribution is 2.52. The molecule has 0 bridgehead atoms. The minimum Gasteiger partial charge on any atom is -0.324 e. The first-order valence-electron chi connectivity index (χ1n) is 10.2. The number of carbonyl (C=O) groups is 2. The zero-order valence-electron chi connectivity index (χ0n) is 17.7. The first-order valence-corrected chi connectivity index (χ1v) is 13.3. The molecule has 1 heterocycles. The Morgan fingerprint density at radius 1 is 0.970 bits per heavy atom. The Morgan fingerprint density at radius 2 is 1.64 bits per heavy atom. The van der Waals surface area contributed by atoms with Crippen molar-refractivity contribution in [1.29, 1.82) is 0 Å². The maximum absolute atomic E-state index is 13.1. The van der Waals surface area contributed by atoms with E-state index in [-0.39, 0.29) is 0 Å². The van der Waals surface area contributed by atoms with E-state index >= 15 is 0 Å². The summed E-state index contributed by atoms with van der Waals surface area (Å²) in [6.45, 7) is 0. The Hall–Kier alpha value is -2.88. The van der Waals surface area contributed by atoms with E-state index in [0.717, 1.165) is 5.56 Å². The van der Waals surface area contributed by atoms with E-state index in [1.54, 1.807) is 60.7 Å². The van der Waals surface area contributed by atoms with Crippen LogP contribution in [-0.4, -0.2) is 26.6 Å². The lowest BCUT2D eigenvalue weighted by atomic mass is 10.1. The summed E-state index contributed by atoms with van der Waals surface area (Å²) in [4.78, 5) is 25.6. The fourth-order valence-corrected chi connectivity index (χ4v) is 6.01. The lowest BCUT2D eigenvalue weighted by molar-refractivity contribution is -0.118. The Bertz CT molecular complexity index is 1270. The van der Waals surface area contributed by atoms with Crippen LogP contribution in [-0.2, 0) is 19.4 Å². The van der Waals surface area contributed by atoms with Gasteiger partial charge in [0, 0.05) is 11.9 Å². The molecule has 0 aliphatic heterocycles. The van der Waals surface area contributed by atoms with E-state index in [9.17, 15) is 18.0 Å². The monoisotopic (exact) mass is 503 g/mol. The van der Waals surface area contributed by atoms with Crippen LogP contribution in [0.2, 0.25) is 4.34 Å². The van der Waals surface area contributed by atoms with Crippen LogP contribution >= 0.6 is 22.9 Å². The largest absolute Gasteiger partial charge is 0.324 e. The number of anilines is 2. The molecule has 1 aromatic heterocycles. The third kappa shape index (κ3) is 5.21. The highest BCUT2D eigenvalue weighted by molar-refractivity contribution is 7.92. The first-order chi connectivity index (χ1) is 15.7. The minimum absolute atomic E-state index is 0.433. The number of benzene rings is 2. The summed E-state index contributed by atoms with van der Waals surface area (Å²) in [5, 5.41) is 8.73. The third-order valence-corrected chi connectivity index (χ3v) is 8.78. The van der Waals surface area contributed by atoms with Crippen molar-refractivity contribution in [3.05, 3.63) is 82.2 Å². The number of halogens is 1. The van der Waals surface area contributed by atoms with Crippen LogP contribution in [0, 0.1) is 0 Å². The van der Waals surface area contributed by atoms with Gasteiger partial charge in [0.15, 0.2) is 9.84 Å². The molecule has 1 atom stereocenters. The fourth-order valence-electron chi connectivity index (χ4n) is 3.67. The van der Waals surface area contributed by atoms with Gasteiger partial charge in [-0.15, -0.1) is 11.3 Å². The standard InChI is InChI=1S/C23H22ClN3O4S2/c1-33(30,31)23(13-14-23)16-7-9-17(10-8-16)25-21(28)20(15-5-3-2-4-6-15)27-22(29)26-19-12-11-18(24)32-19/h2-12,20H,13-14H2,1H3,(H,25,28)(H2,26,27,29). The molecule has 1 aliphatic rings. The molecule has 3 aromatic rings. The predicted molar refractivity (Wildman–Crippen MR) is 131 cm³/mol. The highest BCUT2D eigenvalue weighted by atomic mass is 35.5. The third-order valence-electron chi connectivity index (χ3n) is 5.57. The molecule has 2 aromatic carbocycles. The van der Waals surface area contributed by atoms with Crippen molar-refractivity contribution >= 4 is 55.4 Å². The van der Waals surface area contributed by atoms with Crippen molar-refractivity contribution in [3.8, 4) is 0 Å². The summed E-state index contributed by atoms with van der Waals surface area (Å²) in [5.74, 6) is -0.433. The van der Waals surface area contributed by atoms with E-state index in [0.29, 0.717) is 33.4 Å². The lowest BCUT2D eigenvalue weighted by Crippen LogP contribution is -2.39. The summed E-state index contributed by atoms with van der Waals surface area (Å²) in [6.07, 6.45) is 2.45. The average molecular weight is 504 g/mol. The van der Waals surface area contributed by atoms with Gasteiger partial charge in [-0.3, -0.25) is 10.1 Å². The van der Waals surface area contributed by atoms with Crippen LogP contribution in [0.3, 0.4) is 0 Å². The number of thiophene rings is 1. The lowest BCUT2D eigenvalue weighted by Gasteiger charge is -2.19. The molecule has 7 nitrogen and oxygen atoms in total. The molecule has 0 radical (unpaired) electrons. The quantitative estimate of drug-likeness (QED) is 0.425. The van der Waals surface area contributed by atoms with Crippen molar-refractivity contribution in [2.75, 3.05) is 16.9 Å². The second kappa shape index (κ2) is 9.17. The number of sulfone groups is 1. The van der Waals surface area contributed by atoms with Gasteiger partial charge in [-0.1, -0.05) is 54.1 Å². The van der Waals surface area contributed by atoms with E-state index in [2.05, 4.69) is 16.0 Å². The van der Waals surface area contributed by atoms with E-state index in [1.807, 2.05) is 6.07 Å². The fraction of sp³-hybridized carbons (Fsp3) is 0.217. The van der Waals surface area contributed by atoms with Gasteiger partial charge in [0.05, 0.1) is 14.1 Å². The smallest absolute Gasteiger partial charge is 0.320 e. The summed E-state index contributed by atoms with van der Waals surface area (Å²) in [5.41, 5.74) is 1.83. The zero-order chi connectivity index (χ0) is 23.6. The molecule has 10 heteroatoms. The molecule has 1 saturated carbocycles. The van der Waals surface area contributed by atoms with E-state index in [1.165, 1.54) is 17.6 Å². The van der Waals surface area contributed by atoms with Gasteiger partial charge in [-0.2, -0.15) is 0 Å².